The summed E-state index contributed by atoms with van der Waals surface area (Å²) in [6.45, 7) is 7.95. The molecule has 0 amide bonds. The van der Waals surface area contributed by atoms with Crippen LogP contribution >= 0.6 is 0 Å². The highest BCUT2D eigenvalue weighted by Crippen LogP contribution is 2.16. The molecule has 1 aliphatic rings. The highest BCUT2D eigenvalue weighted by molar-refractivity contribution is 7.89. The van der Waals surface area contributed by atoms with E-state index in [1.807, 2.05) is 28.8 Å². The van der Waals surface area contributed by atoms with Crippen LogP contribution in [0.15, 0.2) is 30.6 Å². The summed E-state index contributed by atoms with van der Waals surface area (Å²) in [6.07, 6.45) is 1.69. The third-order valence-electron chi connectivity index (χ3n) is 4.72. The molecule has 0 saturated carbocycles. The van der Waals surface area contributed by atoms with Crippen LogP contribution in [0.2, 0.25) is 0 Å². The van der Waals surface area contributed by atoms with Crippen LogP contribution in [0.1, 0.15) is 13.8 Å². The molecule has 7 nitrogen and oxygen atoms in total. The Kier molecular flexibility index (Phi) is 5.43. The van der Waals surface area contributed by atoms with E-state index in [9.17, 15) is 8.42 Å². The van der Waals surface area contributed by atoms with Gasteiger partial charge in [-0.15, -0.1) is 0 Å². The lowest BCUT2D eigenvalue weighted by Crippen LogP contribution is -2.55. The molecule has 0 spiro atoms. The van der Waals surface area contributed by atoms with Gasteiger partial charge in [0, 0.05) is 31.7 Å². The van der Waals surface area contributed by atoms with Crippen LogP contribution in [0.25, 0.3) is 11.0 Å². The van der Waals surface area contributed by atoms with Crippen molar-refractivity contribution in [1.82, 2.24) is 19.2 Å². The summed E-state index contributed by atoms with van der Waals surface area (Å²) < 4.78 is 34.8. The SMILES string of the molecule is CC(C)(CNS(=O)(=O)CCn1cnc2ccccc21)N1CCOCC1. The number of para-hydroxylation sites is 2. The van der Waals surface area contributed by atoms with Gasteiger partial charge in [0.05, 0.1) is 36.3 Å². The minimum Gasteiger partial charge on any atom is -0.379 e. The van der Waals surface area contributed by atoms with Gasteiger partial charge in [-0.1, -0.05) is 12.1 Å². The van der Waals surface area contributed by atoms with Crippen molar-refractivity contribution in [3.05, 3.63) is 30.6 Å². The fourth-order valence-electron chi connectivity index (χ4n) is 3.05. The zero-order chi connectivity index (χ0) is 17.9. The van der Waals surface area contributed by atoms with Crippen molar-refractivity contribution in [1.29, 1.82) is 0 Å². The molecule has 1 saturated heterocycles. The van der Waals surface area contributed by atoms with E-state index in [0.29, 0.717) is 26.3 Å². The van der Waals surface area contributed by atoms with E-state index in [1.165, 1.54) is 0 Å². The Morgan fingerprint density at radius 1 is 1.24 bits per heavy atom. The van der Waals surface area contributed by atoms with Crippen LogP contribution < -0.4 is 4.72 Å². The number of hydrogen-bond donors (Lipinski definition) is 1. The zero-order valence-corrected chi connectivity index (χ0v) is 15.6. The molecule has 3 rings (SSSR count). The molecular weight excluding hydrogens is 340 g/mol. The van der Waals surface area contributed by atoms with E-state index in [4.69, 9.17) is 4.74 Å². The minimum absolute atomic E-state index is 0.0343. The maximum Gasteiger partial charge on any atom is 0.213 e. The maximum absolute atomic E-state index is 12.4. The molecule has 1 aliphatic heterocycles. The van der Waals surface area contributed by atoms with E-state index < -0.39 is 10.0 Å². The van der Waals surface area contributed by atoms with Crippen LogP contribution in [0, 0.1) is 0 Å². The first-order valence-electron chi connectivity index (χ1n) is 8.57. The molecule has 1 N–H and O–H groups in total. The van der Waals surface area contributed by atoms with Crippen LogP contribution in [-0.4, -0.2) is 67.0 Å². The highest BCUT2D eigenvalue weighted by atomic mass is 32.2. The molecule has 138 valence electrons. The first kappa shape index (κ1) is 18.3. The van der Waals surface area contributed by atoms with Crippen molar-refractivity contribution >= 4 is 21.1 Å². The first-order valence-corrected chi connectivity index (χ1v) is 10.2. The average Bonchev–Trinajstić information content (AvgIpc) is 3.03. The fraction of sp³-hybridized carbons (Fsp3) is 0.588. The molecule has 1 fully saturated rings. The number of sulfonamides is 1. The van der Waals surface area contributed by atoms with Crippen LogP contribution in [-0.2, 0) is 21.3 Å². The van der Waals surface area contributed by atoms with E-state index in [2.05, 4.69) is 28.5 Å². The number of benzene rings is 1. The van der Waals surface area contributed by atoms with Crippen molar-refractivity contribution in [3.8, 4) is 0 Å². The number of fused-ring (bicyclic) bond motifs is 1. The maximum atomic E-state index is 12.4. The Hall–Kier alpha value is -1.48. The van der Waals surface area contributed by atoms with Gasteiger partial charge >= 0.3 is 0 Å². The summed E-state index contributed by atoms with van der Waals surface area (Å²) in [4.78, 5) is 6.56. The van der Waals surface area contributed by atoms with Crippen LogP contribution in [0.5, 0.6) is 0 Å². The van der Waals surface area contributed by atoms with E-state index in [0.717, 1.165) is 24.1 Å². The van der Waals surface area contributed by atoms with Gasteiger partial charge in [-0.3, -0.25) is 4.90 Å². The third kappa shape index (κ3) is 4.58. The third-order valence-corrected chi connectivity index (χ3v) is 6.02. The van der Waals surface area contributed by atoms with Crippen LogP contribution in [0.4, 0.5) is 0 Å². The molecule has 1 aromatic carbocycles. The molecule has 0 unspecified atom stereocenters. The summed E-state index contributed by atoms with van der Waals surface area (Å²) in [5, 5.41) is 0. The van der Waals surface area contributed by atoms with Gasteiger partial charge in [-0.25, -0.2) is 18.1 Å². The van der Waals surface area contributed by atoms with Gasteiger partial charge < -0.3 is 9.30 Å². The second-order valence-electron chi connectivity index (χ2n) is 6.98. The largest absolute Gasteiger partial charge is 0.379 e. The lowest BCUT2D eigenvalue weighted by atomic mass is 10.0. The smallest absolute Gasteiger partial charge is 0.213 e. The van der Waals surface area contributed by atoms with Gasteiger partial charge in [-0.05, 0) is 26.0 Å². The van der Waals surface area contributed by atoms with Crippen molar-refractivity contribution in [2.24, 2.45) is 0 Å². The molecule has 0 aliphatic carbocycles. The van der Waals surface area contributed by atoms with Crippen LogP contribution in [0.3, 0.4) is 0 Å². The van der Waals surface area contributed by atoms with E-state index in [-0.39, 0.29) is 11.3 Å². The van der Waals surface area contributed by atoms with Crippen molar-refractivity contribution in [2.75, 3.05) is 38.6 Å². The molecule has 0 bridgehead atoms. The quantitative estimate of drug-likeness (QED) is 0.793. The monoisotopic (exact) mass is 366 g/mol. The van der Waals surface area contributed by atoms with Crippen molar-refractivity contribution in [2.45, 2.75) is 25.9 Å². The molecule has 2 aromatic rings. The predicted molar refractivity (Wildman–Crippen MR) is 98.0 cm³/mol. The Morgan fingerprint density at radius 3 is 2.72 bits per heavy atom. The Labute approximate surface area is 149 Å². The second kappa shape index (κ2) is 7.41. The number of aryl methyl sites for hydroxylation is 1. The van der Waals surface area contributed by atoms with Gasteiger partial charge in [0.2, 0.25) is 10.0 Å². The molecule has 2 heterocycles. The summed E-state index contributed by atoms with van der Waals surface area (Å²) in [5.41, 5.74) is 1.59. The first-order chi connectivity index (χ1) is 11.9. The number of rotatable bonds is 7. The Morgan fingerprint density at radius 2 is 1.96 bits per heavy atom. The molecular formula is C17H26N4O3S. The second-order valence-corrected chi connectivity index (χ2v) is 8.90. The molecule has 25 heavy (non-hydrogen) atoms. The Bertz CT molecular complexity index is 810. The topological polar surface area (TPSA) is 76.5 Å². The number of nitrogens with one attached hydrogen (secondary N) is 1. The predicted octanol–water partition coefficient (Wildman–Crippen LogP) is 1.07. The summed E-state index contributed by atoms with van der Waals surface area (Å²) in [6, 6.07) is 7.72. The lowest BCUT2D eigenvalue weighted by Gasteiger charge is -2.40. The number of aromatic nitrogens is 2. The number of ether oxygens (including phenoxy) is 1. The molecule has 0 radical (unpaired) electrons. The number of morpholine rings is 1. The average molecular weight is 366 g/mol. The number of imidazole rings is 1. The standard InChI is InChI=1S/C17H26N4O3S/c1-17(2,21-7-10-24-11-8-21)13-19-25(22,23)12-9-20-14-18-15-5-3-4-6-16(15)20/h3-6,14,19H,7-13H2,1-2H3. The van der Waals surface area contributed by atoms with Crippen molar-refractivity contribution < 1.29 is 13.2 Å². The molecule has 0 atom stereocenters. The molecule has 1 aromatic heterocycles. The van der Waals surface area contributed by atoms with Gasteiger partial charge in [0.1, 0.15) is 0 Å². The molecule has 8 heteroatoms. The lowest BCUT2D eigenvalue weighted by molar-refractivity contribution is -0.00803. The van der Waals surface area contributed by atoms with E-state index >= 15 is 0 Å². The minimum atomic E-state index is -3.35. The highest BCUT2D eigenvalue weighted by Gasteiger charge is 2.29. The number of hydrogen-bond acceptors (Lipinski definition) is 5. The summed E-state index contributed by atoms with van der Waals surface area (Å²) in [7, 11) is -3.35. The number of nitrogens with zero attached hydrogens (tertiary/aromatic N) is 3. The van der Waals surface area contributed by atoms with Gasteiger partial charge in [-0.2, -0.15) is 0 Å². The fourth-order valence-corrected chi connectivity index (χ4v) is 4.20. The van der Waals surface area contributed by atoms with Crippen molar-refractivity contribution in [3.63, 3.8) is 0 Å². The van der Waals surface area contributed by atoms with Gasteiger partial charge in [0.25, 0.3) is 0 Å². The van der Waals surface area contributed by atoms with Gasteiger partial charge in [0.15, 0.2) is 0 Å². The summed E-state index contributed by atoms with van der Waals surface area (Å²) in [5.74, 6) is 0.0343. The van der Waals surface area contributed by atoms with E-state index in [1.54, 1.807) is 6.33 Å². The zero-order valence-electron chi connectivity index (χ0n) is 14.8. The summed E-state index contributed by atoms with van der Waals surface area (Å²) >= 11 is 0. The normalized spacial score (nSPS) is 17.2. The Balaban J connectivity index is 1.56.